The van der Waals surface area contributed by atoms with Crippen LogP contribution in [0.15, 0.2) is 29.0 Å². The minimum Gasteiger partial charge on any atom is -0.489 e. The fraction of sp³-hybridized carbons (Fsp3) is 0.520. The van der Waals surface area contributed by atoms with Crippen molar-refractivity contribution in [2.75, 3.05) is 64.0 Å². The Labute approximate surface area is 248 Å². The van der Waals surface area contributed by atoms with Gasteiger partial charge in [0.05, 0.1) is 57.7 Å². The Morgan fingerprint density at radius 1 is 1.07 bits per heavy atom. The second kappa shape index (κ2) is 15.8. The predicted molar refractivity (Wildman–Crippen MR) is 154 cm³/mol. The molecule has 0 radical (unpaired) electrons. The van der Waals surface area contributed by atoms with E-state index in [0.29, 0.717) is 21.6 Å². The number of aromatic nitrogens is 2. The number of nitrogens with one attached hydrogen (secondary N) is 1. The average molecular weight is 663 g/mol. The number of halogens is 1. The number of hydrogen-bond donors (Lipinski definition) is 2. The third-order valence-corrected chi connectivity index (χ3v) is 5.79. The summed E-state index contributed by atoms with van der Waals surface area (Å²) >= 11 is 3.18. The summed E-state index contributed by atoms with van der Waals surface area (Å²) in [6.45, 7) is 6.19. The molecule has 2 amide bonds. The first kappa shape index (κ1) is 34.2. The van der Waals surface area contributed by atoms with Gasteiger partial charge in [-0.3, -0.25) is 8.98 Å². The highest BCUT2D eigenvalue weighted by Crippen LogP contribution is 2.31. The molecule has 0 aliphatic heterocycles. The lowest BCUT2D eigenvalue weighted by atomic mass is 10.1. The number of nitrogens with zero attached hydrogens (tertiary/aromatic N) is 3. The van der Waals surface area contributed by atoms with Crippen molar-refractivity contribution >= 4 is 49.6 Å². The van der Waals surface area contributed by atoms with Gasteiger partial charge in [0.2, 0.25) is 0 Å². The zero-order chi connectivity index (χ0) is 30.6. The van der Waals surface area contributed by atoms with E-state index in [-0.39, 0.29) is 57.7 Å². The van der Waals surface area contributed by atoms with Crippen LogP contribution in [0.1, 0.15) is 36.8 Å². The van der Waals surface area contributed by atoms with Crippen molar-refractivity contribution in [3.05, 3.63) is 40.3 Å². The van der Waals surface area contributed by atoms with Crippen molar-refractivity contribution in [1.29, 1.82) is 0 Å². The monoisotopic (exact) mass is 661 g/mol. The second-order valence-electron chi connectivity index (χ2n) is 9.61. The molecule has 228 valence electrons. The summed E-state index contributed by atoms with van der Waals surface area (Å²) in [5.74, 6) is -0.338. The largest absolute Gasteiger partial charge is 0.489 e. The van der Waals surface area contributed by atoms with Gasteiger partial charge in [0.25, 0.3) is 16.0 Å². The van der Waals surface area contributed by atoms with Crippen LogP contribution in [0.2, 0.25) is 0 Å². The molecule has 2 aromatic rings. The number of nitrogen functional groups attached to an aromatic ring is 1. The molecule has 0 bridgehead atoms. The number of amides is 2. The lowest BCUT2D eigenvalue weighted by Gasteiger charge is -2.25. The first-order valence-corrected chi connectivity index (χ1v) is 15.1. The fourth-order valence-corrected chi connectivity index (χ4v) is 3.78. The Kier molecular flexibility index (Phi) is 13.2. The summed E-state index contributed by atoms with van der Waals surface area (Å²) in [5.41, 5.74) is 6.01. The van der Waals surface area contributed by atoms with E-state index < -0.39 is 27.7 Å². The Hall–Kier alpha value is -3.05. The van der Waals surface area contributed by atoms with Crippen molar-refractivity contribution in [3.8, 4) is 5.75 Å². The number of para-hydroxylation sites is 1. The predicted octanol–water partition coefficient (Wildman–Crippen LogP) is 2.83. The molecule has 1 heterocycles. The smallest absolute Gasteiger partial charge is 0.410 e. The van der Waals surface area contributed by atoms with E-state index in [9.17, 15) is 18.0 Å². The summed E-state index contributed by atoms with van der Waals surface area (Å²) in [7, 11) is -1.92. The summed E-state index contributed by atoms with van der Waals surface area (Å²) in [6.07, 6.45) is 1.81. The van der Waals surface area contributed by atoms with Crippen LogP contribution in [0.3, 0.4) is 0 Å². The number of nitrogens with two attached hydrogens (primary N) is 1. The SMILES string of the molecule is CN(Cc1cccc(NC(=O)c2nc(Br)cnc2N)c1OCCOCCOCCOS(C)(=O)=O)C(=O)OC(C)(C)C. The van der Waals surface area contributed by atoms with Gasteiger partial charge in [0.1, 0.15) is 22.6 Å². The van der Waals surface area contributed by atoms with E-state index >= 15 is 0 Å². The van der Waals surface area contributed by atoms with Gasteiger partial charge in [-0.2, -0.15) is 8.42 Å². The molecule has 41 heavy (non-hydrogen) atoms. The van der Waals surface area contributed by atoms with E-state index in [4.69, 9.17) is 24.7 Å². The quantitative estimate of drug-likeness (QED) is 0.211. The molecule has 0 aliphatic rings. The summed E-state index contributed by atoms with van der Waals surface area (Å²) in [6, 6.07) is 5.10. The van der Waals surface area contributed by atoms with Crippen molar-refractivity contribution in [1.82, 2.24) is 14.9 Å². The molecule has 0 saturated carbocycles. The zero-order valence-corrected chi connectivity index (χ0v) is 26.0. The van der Waals surface area contributed by atoms with E-state index in [1.54, 1.807) is 46.0 Å². The van der Waals surface area contributed by atoms with Crippen LogP contribution in [0.5, 0.6) is 5.75 Å². The number of carbonyl (C=O) groups is 2. The average Bonchev–Trinajstić information content (AvgIpc) is 2.86. The molecule has 0 aliphatic carbocycles. The molecule has 16 heteroatoms. The molecule has 2 rings (SSSR count). The normalized spacial score (nSPS) is 11.7. The van der Waals surface area contributed by atoms with Gasteiger partial charge >= 0.3 is 6.09 Å². The first-order chi connectivity index (χ1) is 19.2. The van der Waals surface area contributed by atoms with Gasteiger partial charge in [0, 0.05) is 12.6 Å². The van der Waals surface area contributed by atoms with E-state index in [1.807, 2.05) is 0 Å². The third kappa shape index (κ3) is 13.0. The second-order valence-corrected chi connectivity index (χ2v) is 12.1. The maximum Gasteiger partial charge on any atom is 0.410 e. The molecule has 0 atom stereocenters. The van der Waals surface area contributed by atoms with E-state index in [0.717, 1.165) is 6.26 Å². The highest BCUT2D eigenvalue weighted by Gasteiger charge is 2.22. The van der Waals surface area contributed by atoms with Gasteiger partial charge in [-0.05, 0) is 42.8 Å². The lowest BCUT2D eigenvalue weighted by Crippen LogP contribution is -2.34. The van der Waals surface area contributed by atoms with Gasteiger partial charge < -0.3 is 34.9 Å². The molecule has 1 aromatic heterocycles. The minimum atomic E-state index is -3.51. The maximum atomic E-state index is 13.0. The molecule has 0 spiro atoms. The van der Waals surface area contributed by atoms with E-state index in [1.165, 1.54) is 11.1 Å². The van der Waals surface area contributed by atoms with Crippen LogP contribution >= 0.6 is 15.9 Å². The van der Waals surface area contributed by atoms with Crippen LogP contribution in [0, 0.1) is 0 Å². The molecule has 14 nitrogen and oxygen atoms in total. The van der Waals surface area contributed by atoms with Crippen molar-refractivity contribution in [3.63, 3.8) is 0 Å². The number of anilines is 2. The van der Waals surface area contributed by atoms with E-state index in [2.05, 4.69) is 35.4 Å². The third-order valence-electron chi connectivity index (χ3n) is 4.82. The minimum absolute atomic E-state index is 0.0486. The molecule has 0 unspecified atom stereocenters. The van der Waals surface area contributed by atoms with Gasteiger partial charge in [0.15, 0.2) is 11.5 Å². The number of benzene rings is 1. The number of carbonyl (C=O) groups excluding carboxylic acids is 2. The number of rotatable bonds is 15. The number of ether oxygens (including phenoxy) is 4. The molecule has 0 fully saturated rings. The van der Waals surface area contributed by atoms with Crippen molar-refractivity contribution in [2.45, 2.75) is 32.9 Å². The van der Waals surface area contributed by atoms with Gasteiger partial charge in [-0.1, -0.05) is 12.1 Å². The molecule has 3 N–H and O–H groups in total. The summed E-state index contributed by atoms with van der Waals surface area (Å²) in [5, 5.41) is 2.75. The lowest BCUT2D eigenvalue weighted by molar-refractivity contribution is 0.0265. The van der Waals surface area contributed by atoms with Gasteiger partial charge in [-0.25, -0.2) is 14.8 Å². The maximum absolute atomic E-state index is 13.0. The zero-order valence-electron chi connectivity index (χ0n) is 23.6. The summed E-state index contributed by atoms with van der Waals surface area (Å²) < 4.78 is 49.0. The molecular formula is C25H36BrN5O9S. The molecule has 0 saturated heterocycles. The first-order valence-electron chi connectivity index (χ1n) is 12.4. The Balaban J connectivity index is 2.07. The van der Waals surface area contributed by atoms with Crippen molar-refractivity contribution in [2.24, 2.45) is 0 Å². The summed E-state index contributed by atoms with van der Waals surface area (Å²) in [4.78, 5) is 35.0. The molecule has 1 aromatic carbocycles. The highest BCUT2D eigenvalue weighted by molar-refractivity contribution is 9.10. The van der Waals surface area contributed by atoms with Crippen LogP contribution in [-0.2, 0) is 35.1 Å². The Bertz CT molecular complexity index is 1290. The van der Waals surface area contributed by atoms with Crippen LogP contribution < -0.4 is 15.8 Å². The standard InChI is InChI=1S/C25H36BrN5O9S/c1-25(2,3)40-24(33)31(4)16-17-7-6-8-18(29-23(32)20-22(27)28-15-19(26)30-20)21(17)38-13-11-36-9-10-37-12-14-39-41(5,34)35/h6-8,15H,9-14,16H2,1-5H3,(H2,27,28)(H,29,32). The number of hydrogen-bond acceptors (Lipinski definition) is 12. The molecular weight excluding hydrogens is 626 g/mol. The Morgan fingerprint density at radius 2 is 1.71 bits per heavy atom. The van der Waals surface area contributed by atoms with Gasteiger partial charge in [-0.15, -0.1) is 0 Å². The van der Waals surface area contributed by atoms with Crippen LogP contribution in [-0.4, -0.2) is 93.8 Å². The topological polar surface area (TPSA) is 182 Å². The fourth-order valence-electron chi connectivity index (χ4n) is 3.13. The van der Waals surface area contributed by atoms with Crippen molar-refractivity contribution < 1.29 is 41.1 Å². The van der Waals surface area contributed by atoms with Crippen LogP contribution in [0.25, 0.3) is 0 Å². The Morgan fingerprint density at radius 3 is 2.34 bits per heavy atom. The van der Waals surface area contributed by atoms with Crippen LogP contribution in [0.4, 0.5) is 16.3 Å². The highest BCUT2D eigenvalue weighted by atomic mass is 79.9.